The molecule has 18 heavy (non-hydrogen) atoms. The number of aryl methyl sites for hydroxylation is 1. The summed E-state index contributed by atoms with van der Waals surface area (Å²) in [4.78, 5) is 9.18. The number of oxime groups is 1. The fourth-order valence-corrected chi connectivity index (χ4v) is 2.22. The second-order valence-corrected chi connectivity index (χ2v) is 4.56. The van der Waals surface area contributed by atoms with Crippen molar-refractivity contribution in [2.75, 3.05) is 37.6 Å². The molecule has 2 heterocycles. The van der Waals surface area contributed by atoms with Gasteiger partial charge in [0.1, 0.15) is 5.82 Å². The van der Waals surface area contributed by atoms with E-state index in [0.717, 1.165) is 49.7 Å². The molecule has 0 aromatic carbocycles. The number of rotatable bonds is 3. The zero-order chi connectivity index (χ0) is 13.0. The molecule has 1 aromatic rings. The summed E-state index contributed by atoms with van der Waals surface area (Å²) < 4.78 is 0. The minimum absolute atomic E-state index is 0.855. The van der Waals surface area contributed by atoms with Crippen LogP contribution in [0.1, 0.15) is 18.1 Å². The van der Waals surface area contributed by atoms with Gasteiger partial charge in [-0.15, -0.1) is 0 Å². The number of piperazine rings is 1. The second-order valence-electron chi connectivity index (χ2n) is 4.56. The van der Waals surface area contributed by atoms with Gasteiger partial charge in [-0.1, -0.05) is 12.1 Å². The summed E-state index contributed by atoms with van der Waals surface area (Å²) in [6.07, 6.45) is 3.18. The Labute approximate surface area is 108 Å². The van der Waals surface area contributed by atoms with Crippen LogP contribution in [0.5, 0.6) is 0 Å². The van der Waals surface area contributed by atoms with Gasteiger partial charge >= 0.3 is 0 Å². The summed E-state index contributed by atoms with van der Waals surface area (Å²) >= 11 is 0. The van der Waals surface area contributed by atoms with Gasteiger partial charge in [-0.3, -0.25) is 0 Å². The molecule has 5 heteroatoms. The topological polar surface area (TPSA) is 52.0 Å². The highest BCUT2D eigenvalue weighted by Crippen LogP contribution is 2.16. The van der Waals surface area contributed by atoms with Crippen LogP contribution in [-0.4, -0.2) is 54.0 Å². The van der Waals surface area contributed by atoms with E-state index in [1.165, 1.54) is 6.21 Å². The molecule has 0 atom stereocenters. The van der Waals surface area contributed by atoms with E-state index in [2.05, 4.69) is 32.9 Å². The average Bonchev–Trinajstić information content (AvgIpc) is 2.41. The number of likely N-dealkylation sites (N-methyl/N-ethyl adjacent to an activating group) is 1. The number of hydrogen-bond donors (Lipinski definition) is 1. The molecule has 2 rings (SSSR count). The summed E-state index contributed by atoms with van der Waals surface area (Å²) in [7, 11) is 0. The van der Waals surface area contributed by atoms with Crippen LogP contribution < -0.4 is 4.90 Å². The molecule has 0 saturated carbocycles. The summed E-state index contributed by atoms with van der Waals surface area (Å²) in [6, 6.07) is 2.05. The fourth-order valence-electron chi connectivity index (χ4n) is 2.22. The van der Waals surface area contributed by atoms with E-state index in [1.54, 1.807) is 6.20 Å². The molecule has 0 radical (unpaired) electrons. The molecule has 0 bridgehead atoms. The lowest BCUT2D eigenvalue weighted by Crippen LogP contribution is -2.46. The first-order chi connectivity index (χ1) is 8.74. The molecule has 1 aliphatic rings. The molecule has 0 amide bonds. The zero-order valence-electron chi connectivity index (χ0n) is 11.0. The second kappa shape index (κ2) is 5.82. The van der Waals surface area contributed by atoms with Gasteiger partial charge in [-0.25, -0.2) is 4.98 Å². The molecular formula is C13H20N4O. The van der Waals surface area contributed by atoms with Crippen molar-refractivity contribution in [2.24, 2.45) is 5.16 Å². The standard InChI is InChI=1S/C13H20N4O/c1-3-16-4-6-17(7-5-16)13-8-11(2)12(9-14-13)10-15-18/h8-10,18H,3-7H2,1-2H3/b15-10+. The lowest BCUT2D eigenvalue weighted by atomic mass is 10.1. The van der Waals surface area contributed by atoms with Crippen molar-refractivity contribution in [2.45, 2.75) is 13.8 Å². The monoisotopic (exact) mass is 248 g/mol. The summed E-state index contributed by atoms with van der Waals surface area (Å²) in [6.45, 7) is 9.55. The molecule has 1 N–H and O–H groups in total. The largest absolute Gasteiger partial charge is 0.411 e. The first-order valence-electron chi connectivity index (χ1n) is 6.36. The Kier molecular flexibility index (Phi) is 4.15. The molecule has 1 saturated heterocycles. The number of pyridine rings is 1. The first-order valence-corrected chi connectivity index (χ1v) is 6.36. The molecular weight excluding hydrogens is 228 g/mol. The van der Waals surface area contributed by atoms with E-state index in [9.17, 15) is 0 Å². The summed E-state index contributed by atoms with van der Waals surface area (Å²) in [5.41, 5.74) is 1.93. The average molecular weight is 248 g/mol. The van der Waals surface area contributed by atoms with Crippen LogP contribution in [0.3, 0.4) is 0 Å². The van der Waals surface area contributed by atoms with Crippen molar-refractivity contribution in [1.29, 1.82) is 0 Å². The van der Waals surface area contributed by atoms with E-state index in [4.69, 9.17) is 5.21 Å². The Balaban J connectivity index is 2.08. The quantitative estimate of drug-likeness (QED) is 0.498. The van der Waals surface area contributed by atoms with Crippen molar-refractivity contribution in [3.63, 3.8) is 0 Å². The van der Waals surface area contributed by atoms with Gasteiger partial charge < -0.3 is 15.0 Å². The molecule has 0 aliphatic carbocycles. The minimum Gasteiger partial charge on any atom is -0.411 e. The molecule has 5 nitrogen and oxygen atoms in total. The van der Waals surface area contributed by atoms with E-state index in [-0.39, 0.29) is 0 Å². The summed E-state index contributed by atoms with van der Waals surface area (Å²) in [5.74, 6) is 1.01. The van der Waals surface area contributed by atoms with Gasteiger partial charge in [0, 0.05) is 37.9 Å². The highest BCUT2D eigenvalue weighted by molar-refractivity contribution is 5.81. The smallest absolute Gasteiger partial charge is 0.128 e. The molecule has 98 valence electrons. The first kappa shape index (κ1) is 12.8. The third-order valence-corrected chi connectivity index (χ3v) is 3.48. The summed E-state index contributed by atoms with van der Waals surface area (Å²) in [5, 5.41) is 11.6. The molecule has 0 spiro atoms. The highest BCUT2D eigenvalue weighted by Gasteiger charge is 2.16. The minimum atomic E-state index is 0.855. The number of nitrogens with zero attached hydrogens (tertiary/aromatic N) is 4. The van der Waals surface area contributed by atoms with Crippen molar-refractivity contribution in [1.82, 2.24) is 9.88 Å². The Morgan fingerprint density at radius 1 is 1.39 bits per heavy atom. The van der Waals surface area contributed by atoms with E-state index >= 15 is 0 Å². The van der Waals surface area contributed by atoms with E-state index in [1.807, 2.05) is 6.92 Å². The predicted molar refractivity (Wildman–Crippen MR) is 72.7 cm³/mol. The van der Waals surface area contributed by atoms with Gasteiger partial charge in [0.05, 0.1) is 6.21 Å². The predicted octanol–water partition coefficient (Wildman–Crippen LogP) is 1.34. The van der Waals surface area contributed by atoms with Crippen molar-refractivity contribution in [3.05, 3.63) is 23.4 Å². The van der Waals surface area contributed by atoms with Crippen molar-refractivity contribution < 1.29 is 5.21 Å². The lowest BCUT2D eigenvalue weighted by molar-refractivity contribution is 0.270. The molecule has 1 aromatic heterocycles. The van der Waals surface area contributed by atoms with Crippen LogP contribution in [0.25, 0.3) is 0 Å². The third-order valence-electron chi connectivity index (χ3n) is 3.48. The Bertz CT molecular complexity index is 425. The van der Waals surface area contributed by atoms with E-state index < -0.39 is 0 Å². The molecule has 1 fully saturated rings. The van der Waals surface area contributed by atoms with Crippen molar-refractivity contribution in [3.8, 4) is 0 Å². The third kappa shape index (κ3) is 2.79. The van der Waals surface area contributed by atoms with Crippen LogP contribution in [0.4, 0.5) is 5.82 Å². The number of aromatic nitrogens is 1. The van der Waals surface area contributed by atoms with Gasteiger partial charge in [0.15, 0.2) is 0 Å². The van der Waals surface area contributed by atoms with Crippen LogP contribution >= 0.6 is 0 Å². The van der Waals surface area contributed by atoms with Gasteiger partial charge in [-0.2, -0.15) is 0 Å². The maximum atomic E-state index is 8.54. The SMILES string of the molecule is CCN1CCN(c2cc(C)c(/C=N/O)cn2)CC1. The number of hydrogen-bond acceptors (Lipinski definition) is 5. The maximum absolute atomic E-state index is 8.54. The van der Waals surface area contributed by atoms with E-state index in [0.29, 0.717) is 0 Å². The van der Waals surface area contributed by atoms with Crippen LogP contribution in [0.2, 0.25) is 0 Å². The Hall–Kier alpha value is -1.62. The maximum Gasteiger partial charge on any atom is 0.128 e. The molecule has 0 unspecified atom stereocenters. The Morgan fingerprint density at radius 3 is 2.67 bits per heavy atom. The fraction of sp³-hybridized carbons (Fsp3) is 0.538. The highest BCUT2D eigenvalue weighted by atomic mass is 16.4. The zero-order valence-corrected chi connectivity index (χ0v) is 11.0. The van der Waals surface area contributed by atoms with Crippen LogP contribution in [0, 0.1) is 6.92 Å². The molecule has 1 aliphatic heterocycles. The normalized spacial score (nSPS) is 17.6. The van der Waals surface area contributed by atoms with Crippen molar-refractivity contribution >= 4 is 12.0 Å². The van der Waals surface area contributed by atoms with Gasteiger partial charge in [0.25, 0.3) is 0 Å². The van der Waals surface area contributed by atoms with Crippen LogP contribution in [-0.2, 0) is 0 Å². The Morgan fingerprint density at radius 2 is 2.11 bits per heavy atom. The number of anilines is 1. The van der Waals surface area contributed by atoms with Gasteiger partial charge in [-0.05, 0) is 25.1 Å². The van der Waals surface area contributed by atoms with Gasteiger partial charge in [0.2, 0.25) is 0 Å². The van der Waals surface area contributed by atoms with Crippen LogP contribution in [0.15, 0.2) is 17.4 Å². The lowest BCUT2D eigenvalue weighted by Gasteiger charge is -2.34.